The molecule has 4 heteroatoms. The fourth-order valence-electron chi connectivity index (χ4n) is 1.90. The average Bonchev–Trinajstić information content (AvgIpc) is 2.39. The first-order valence-corrected chi connectivity index (χ1v) is 5.41. The lowest BCUT2D eigenvalue weighted by molar-refractivity contribution is -0.149. The Morgan fingerprint density at radius 2 is 2.13 bits per heavy atom. The largest absolute Gasteiger partial charge is 0.468 e. The van der Waals surface area contributed by atoms with Crippen molar-refractivity contribution in [3.8, 4) is 0 Å². The molecule has 1 saturated heterocycles. The first-order valence-electron chi connectivity index (χ1n) is 5.41. The van der Waals surface area contributed by atoms with Crippen LogP contribution in [0.2, 0.25) is 0 Å². The van der Waals surface area contributed by atoms with E-state index >= 15 is 0 Å². The Morgan fingerprint density at radius 1 is 1.47 bits per heavy atom. The van der Waals surface area contributed by atoms with Gasteiger partial charge in [-0.25, -0.2) is 0 Å². The van der Waals surface area contributed by atoms with Crippen LogP contribution in [-0.4, -0.2) is 42.9 Å². The molecule has 0 amide bonds. The van der Waals surface area contributed by atoms with E-state index in [9.17, 15) is 9.59 Å². The molecule has 1 heterocycles. The van der Waals surface area contributed by atoms with Gasteiger partial charge in [-0.1, -0.05) is 0 Å². The van der Waals surface area contributed by atoms with Crippen LogP contribution >= 0.6 is 0 Å². The highest BCUT2D eigenvalue weighted by molar-refractivity contribution is 5.99. The second kappa shape index (κ2) is 5.26. The molecule has 1 unspecified atom stereocenters. The molecule has 4 nitrogen and oxygen atoms in total. The van der Waals surface area contributed by atoms with Crippen LogP contribution in [0.5, 0.6) is 0 Å². The third-order valence-corrected chi connectivity index (χ3v) is 2.96. The van der Waals surface area contributed by atoms with Gasteiger partial charge in [0.2, 0.25) is 0 Å². The molecular weight excluding hydrogens is 194 g/mol. The molecule has 0 spiro atoms. The molecule has 1 aliphatic heterocycles. The molecule has 1 atom stereocenters. The first-order chi connectivity index (χ1) is 7.06. The molecule has 1 fully saturated rings. The Kier molecular flexibility index (Phi) is 4.27. The number of likely N-dealkylation sites (tertiary alicyclic amines) is 1. The minimum atomic E-state index is -0.543. The maximum Gasteiger partial charge on any atom is 0.316 e. The molecule has 0 aliphatic carbocycles. The smallest absolute Gasteiger partial charge is 0.316 e. The Bertz CT molecular complexity index is 250. The van der Waals surface area contributed by atoms with Crippen molar-refractivity contribution in [3.05, 3.63) is 0 Å². The van der Waals surface area contributed by atoms with Gasteiger partial charge < -0.3 is 9.64 Å². The van der Waals surface area contributed by atoms with Gasteiger partial charge in [-0.05, 0) is 26.8 Å². The van der Waals surface area contributed by atoms with Crippen LogP contribution in [0.4, 0.5) is 0 Å². The summed E-state index contributed by atoms with van der Waals surface area (Å²) in [7, 11) is 1.33. The third-order valence-electron chi connectivity index (χ3n) is 2.96. The monoisotopic (exact) mass is 213 g/mol. The van der Waals surface area contributed by atoms with Crippen molar-refractivity contribution in [3.63, 3.8) is 0 Å². The Labute approximate surface area is 90.6 Å². The van der Waals surface area contributed by atoms with Crippen molar-refractivity contribution in [2.24, 2.45) is 5.92 Å². The Morgan fingerprint density at radius 3 is 2.67 bits per heavy atom. The molecular formula is C11H19NO3. The molecule has 1 rings (SSSR count). The zero-order valence-electron chi connectivity index (χ0n) is 9.66. The van der Waals surface area contributed by atoms with Gasteiger partial charge in [0.05, 0.1) is 7.11 Å². The molecule has 86 valence electrons. The molecule has 0 radical (unpaired) electrons. The van der Waals surface area contributed by atoms with E-state index in [-0.39, 0.29) is 11.8 Å². The van der Waals surface area contributed by atoms with E-state index in [1.54, 1.807) is 0 Å². The number of rotatable bonds is 2. The van der Waals surface area contributed by atoms with Crippen molar-refractivity contribution in [2.75, 3.05) is 20.2 Å². The van der Waals surface area contributed by atoms with Gasteiger partial charge in [0, 0.05) is 19.0 Å². The molecule has 0 N–H and O–H groups in total. The highest BCUT2D eigenvalue weighted by atomic mass is 16.5. The van der Waals surface area contributed by atoms with Gasteiger partial charge in [-0.2, -0.15) is 0 Å². The zero-order chi connectivity index (χ0) is 11.4. The fraction of sp³-hybridized carbons (Fsp3) is 0.818. The number of ether oxygens (including phenoxy) is 1. The van der Waals surface area contributed by atoms with E-state index in [0.29, 0.717) is 18.9 Å². The Hall–Kier alpha value is -0.900. The van der Waals surface area contributed by atoms with Gasteiger partial charge >= 0.3 is 5.97 Å². The van der Waals surface area contributed by atoms with Crippen molar-refractivity contribution in [2.45, 2.75) is 32.7 Å². The summed E-state index contributed by atoms with van der Waals surface area (Å²) in [5.74, 6) is -0.908. The number of hydrogen-bond acceptors (Lipinski definition) is 4. The van der Waals surface area contributed by atoms with E-state index in [1.165, 1.54) is 7.11 Å². The van der Waals surface area contributed by atoms with Gasteiger partial charge in [-0.15, -0.1) is 0 Å². The van der Waals surface area contributed by atoms with Gasteiger partial charge in [0.15, 0.2) is 0 Å². The van der Waals surface area contributed by atoms with E-state index in [1.807, 2.05) is 0 Å². The van der Waals surface area contributed by atoms with E-state index in [2.05, 4.69) is 23.5 Å². The number of hydrogen-bond donors (Lipinski definition) is 0. The highest BCUT2D eigenvalue weighted by Crippen LogP contribution is 2.17. The molecule has 0 saturated carbocycles. The van der Waals surface area contributed by atoms with Crippen LogP contribution in [0.25, 0.3) is 0 Å². The number of carbonyl (C=O) groups is 2. The van der Waals surface area contributed by atoms with E-state index in [4.69, 9.17) is 0 Å². The number of Topliss-reactive ketones (excluding diaryl/α,β-unsaturated/α-hetero) is 1. The number of methoxy groups -OCH3 is 1. The quantitative estimate of drug-likeness (QED) is 0.504. The summed E-state index contributed by atoms with van der Waals surface area (Å²) in [6, 6.07) is 0.425. The number of nitrogens with zero attached hydrogens (tertiary/aromatic N) is 1. The van der Waals surface area contributed by atoms with E-state index < -0.39 is 5.92 Å². The summed E-state index contributed by atoms with van der Waals surface area (Å²) in [5, 5.41) is 0. The predicted octanol–water partition coefficient (Wildman–Crippen LogP) is 0.849. The van der Waals surface area contributed by atoms with Crippen LogP contribution in [0.15, 0.2) is 0 Å². The van der Waals surface area contributed by atoms with Crippen molar-refractivity contribution >= 4 is 11.8 Å². The summed E-state index contributed by atoms with van der Waals surface area (Å²) in [4.78, 5) is 25.2. The minimum Gasteiger partial charge on any atom is -0.468 e. The maximum atomic E-state index is 11.7. The molecule has 0 aromatic heterocycles. The fourth-order valence-corrected chi connectivity index (χ4v) is 1.90. The van der Waals surface area contributed by atoms with Gasteiger partial charge in [0.1, 0.15) is 11.7 Å². The van der Waals surface area contributed by atoms with Crippen molar-refractivity contribution in [1.82, 2.24) is 4.90 Å². The SMILES string of the molecule is COC(=O)C1CCN(C(C)C)CCC1=O. The summed E-state index contributed by atoms with van der Waals surface area (Å²) in [6.07, 6.45) is 1.04. The van der Waals surface area contributed by atoms with Crippen molar-refractivity contribution < 1.29 is 14.3 Å². The van der Waals surface area contributed by atoms with Gasteiger partial charge in [0.25, 0.3) is 0 Å². The van der Waals surface area contributed by atoms with Crippen LogP contribution in [-0.2, 0) is 14.3 Å². The second-order valence-electron chi connectivity index (χ2n) is 4.21. The second-order valence-corrected chi connectivity index (χ2v) is 4.21. The Balaban J connectivity index is 2.63. The van der Waals surface area contributed by atoms with Gasteiger partial charge in [-0.3, -0.25) is 9.59 Å². The van der Waals surface area contributed by atoms with Crippen molar-refractivity contribution in [1.29, 1.82) is 0 Å². The summed E-state index contributed by atoms with van der Waals surface area (Å²) >= 11 is 0. The lowest BCUT2D eigenvalue weighted by Crippen LogP contribution is -2.32. The van der Waals surface area contributed by atoms with E-state index in [0.717, 1.165) is 13.1 Å². The topological polar surface area (TPSA) is 46.6 Å². The van der Waals surface area contributed by atoms with Crippen LogP contribution < -0.4 is 0 Å². The molecule has 0 aromatic rings. The minimum absolute atomic E-state index is 0.0185. The third kappa shape index (κ3) is 3.02. The predicted molar refractivity (Wildman–Crippen MR) is 56.5 cm³/mol. The molecule has 0 bridgehead atoms. The average molecular weight is 213 g/mol. The number of carbonyl (C=O) groups excluding carboxylic acids is 2. The lowest BCUT2D eigenvalue weighted by atomic mass is 10.00. The molecule has 0 aromatic carbocycles. The first kappa shape index (κ1) is 12.2. The normalized spacial score (nSPS) is 24.0. The highest BCUT2D eigenvalue weighted by Gasteiger charge is 2.31. The number of esters is 1. The lowest BCUT2D eigenvalue weighted by Gasteiger charge is -2.23. The molecule has 1 aliphatic rings. The summed E-state index contributed by atoms with van der Waals surface area (Å²) < 4.78 is 4.63. The van der Waals surface area contributed by atoms with Crippen LogP contribution in [0.3, 0.4) is 0 Å². The van der Waals surface area contributed by atoms with Crippen LogP contribution in [0, 0.1) is 5.92 Å². The standard InChI is InChI=1S/C11H19NO3/c1-8(2)12-6-4-9(11(14)15-3)10(13)5-7-12/h8-9H,4-7H2,1-3H3. The summed E-state index contributed by atoms with van der Waals surface area (Å²) in [6.45, 7) is 5.75. The van der Waals surface area contributed by atoms with Crippen LogP contribution in [0.1, 0.15) is 26.7 Å². The summed E-state index contributed by atoms with van der Waals surface area (Å²) in [5.41, 5.74) is 0. The number of ketones is 1. The zero-order valence-corrected chi connectivity index (χ0v) is 9.66. The molecule has 15 heavy (non-hydrogen) atoms. The maximum absolute atomic E-state index is 11.7.